The summed E-state index contributed by atoms with van der Waals surface area (Å²) in [5, 5.41) is 29.7. The van der Waals surface area contributed by atoms with Crippen LogP contribution in [0.2, 0.25) is 0 Å². The van der Waals surface area contributed by atoms with Crippen LogP contribution in [0.1, 0.15) is 6.42 Å². The lowest BCUT2D eigenvalue weighted by Crippen LogP contribution is -2.58. The van der Waals surface area contributed by atoms with E-state index in [0.29, 0.717) is 0 Å². The monoisotopic (exact) mass is 402 g/mol. The van der Waals surface area contributed by atoms with Crippen molar-refractivity contribution >= 4 is 10.4 Å². The number of aliphatic hydroxyl groups is 3. The molecule has 12 nitrogen and oxygen atoms in total. The Balaban J connectivity index is 1.66. The normalized spacial score (nSPS) is 46.4. The number of hydrogen-bond donors (Lipinski definition) is 4. The molecule has 0 aromatic rings. The minimum atomic E-state index is -4.79. The highest BCUT2D eigenvalue weighted by Crippen LogP contribution is 2.35. The molecule has 2 bridgehead atoms. The average Bonchev–Trinajstić information content (AvgIpc) is 2.86. The molecule has 3 fully saturated rings. The van der Waals surface area contributed by atoms with Crippen molar-refractivity contribution in [3.63, 3.8) is 0 Å². The third-order valence-electron chi connectivity index (χ3n) is 4.53. The fourth-order valence-electron chi connectivity index (χ4n) is 3.33. The first kappa shape index (κ1) is 20.3. The van der Waals surface area contributed by atoms with E-state index in [1.54, 1.807) is 0 Å². The summed E-state index contributed by atoms with van der Waals surface area (Å²) in [7, 11) is -3.41. The van der Waals surface area contributed by atoms with E-state index in [0.717, 1.165) is 0 Å². The van der Waals surface area contributed by atoms with Gasteiger partial charge in [-0.3, -0.25) is 4.55 Å². The standard InChI is InChI=1S/C13H22O12S/c1-20-13-9(16)11-10(8(23-13)4-21-11)24-12-5(15)2-6(7(3-14)22-12)25-26(17,18)19/h5-16H,2-4H2,1H3,(H,17,18,19)/t5?,6-,7?,8?,9-,10+,11?,12+,13+/m1/s1. The molecule has 3 heterocycles. The molecular weight excluding hydrogens is 380 g/mol. The number of rotatable bonds is 6. The zero-order valence-corrected chi connectivity index (χ0v) is 14.6. The molecule has 0 radical (unpaired) electrons. The van der Waals surface area contributed by atoms with Crippen molar-refractivity contribution < 1.29 is 56.2 Å². The van der Waals surface area contributed by atoms with Crippen LogP contribution < -0.4 is 0 Å². The van der Waals surface area contributed by atoms with Gasteiger partial charge in [-0.2, -0.15) is 8.42 Å². The third kappa shape index (κ3) is 4.18. The van der Waals surface area contributed by atoms with Crippen LogP contribution in [0.15, 0.2) is 0 Å². The minimum absolute atomic E-state index is 0.146. The van der Waals surface area contributed by atoms with Gasteiger partial charge in [0.05, 0.1) is 13.2 Å². The van der Waals surface area contributed by atoms with E-state index >= 15 is 0 Å². The van der Waals surface area contributed by atoms with Gasteiger partial charge in [-0.25, -0.2) is 4.18 Å². The second-order valence-electron chi connectivity index (χ2n) is 6.26. The molecule has 0 aromatic heterocycles. The van der Waals surface area contributed by atoms with Gasteiger partial charge in [-0.15, -0.1) is 0 Å². The number of methoxy groups -OCH3 is 1. The maximum Gasteiger partial charge on any atom is 0.397 e. The molecule has 3 rings (SSSR count). The second kappa shape index (κ2) is 7.89. The summed E-state index contributed by atoms with van der Waals surface area (Å²) in [6.07, 6.45) is -9.39. The molecule has 3 saturated heterocycles. The summed E-state index contributed by atoms with van der Waals surface area (Å²) >= 11 is 0. The number of ether oxygens (including phenoxy) is 5. The largest absolute Gasteiger partial charge is 0.397 e. The topological polar surface area (TPSA) is 170 Å². The maximum atomic E-state index is 10.9. The fraction of sp³-hybridized carbons (Fsp3) is 1.00. The van der Waals surface area contributed by atoms with E-state index in [1.165, 1.54) is 7.11 Å². The highest BCUT2D eigenvalue weighted by molar-refractivity contribution is 7.80. The molecular formula is C13H22O12S. The Morgan fingerprint density at radius 1 is 1.19 bits per heavy atom. The number of fused-ring (bicyclic) bond motifs is 2. The van der Waals surface area contributed by atoms with Crippen LogP contribution in [-0.2, 0) is 38.3 Å². The molecule has 0 spiro atoms. The van der Waals surface area contributed by atoms with Crippen LogP contribution in [-0.4, -0.2) is 104 Å². The van der Waals surface area contributed by atoms with Crippen molar-refractivity contribution in [2.75, 3.05) is 20.3 Å². The smallest absolute Gasteiger partial charge is 0.394 e. The molecule has 26 heavy (non-hydrogen) atoms. The van der Waals surface area contributed by atoms with Crippen LogP contribution in [0.4, 0.5) is 0 Å². The molecule has 4 N–H and O–H groups in total. The maximum absolute atomic E-state index is 10.9. The van der Waals surface area contributed by atoms with Gasteiger partial charge in [0.25, 0.3) is 0 Å². The van der Waals surface area contributed by atoms with E-state index in [9.17, 15) is 23.7 Å². The van der Waals surface area contributed by atoms with Gasteiger partial charge >= 0.3 is 10.4 Å². The molecule has 13 heteroatoms. The Hall–Kier alpha value is -0.450. The van der Waals surface area contributed by atoms with Crippen LogP contribution in [0.3, 0.4) is 0 Å². The lowest BCUT2D eigenvalue weighted by molar-refractivity contribution is -0.321. The van der Waals surface area contributed by atoms with Gasteiger partial charge < -0.3 is 39.0 Å². The molecule has 9 atom stereocenters. The Kier molecular flexibility index (Phi) is 6.15. The Morgan fingerprint density at radius 3 is 2.54 bits per heavy atom. The van der Waals surface area contributed by atoms with Gasteiger partial charge in [0.2, 0.25) is 0 Å². The van der Waals surface area contributed by atoms with Crippen molar-refractivity contribution in [3.8, 4) is 0 Å². The number of aliphatic hydroxyl groups excluding tert-OH is 3. The SMILES string of the molecule is CO[C@H]1OC2COC([C@H]2O[C@@H]2OC(CO)[C@H](OS(=O)(=O)O)CC2O)[C@H]1O. The van der Waals surface area contributed by atoms with Crippen molar-refractivity contribution in [2.24, 2.45) is 0 Å². The van der Waals surface area contributed by atoms with Crippen molar-refractivity contribution in [2.45, 2.75) is 61.7 Å². The van der Waals surface area contributed by atoms with Gasteiger partial charge in [0, 0.05) is 13.5 Å². The molecule has 0 amide bonds. The molecule has 4 unspecified atom stereocenters. The summed E-state index contributed by atoms with van der Waals surface area (Å²) in [6.45, 7) is -0.487. The Morgan fingerprint density at radius 2 is 1.92 bits per heavy atom. The molecule has 152 valence electrons. The highest BCUT2D eigenvalue weighted by atomic mass is 32.3. The summed E-state index contributed by atoms with van der Waals surface area (Å²) in [5.74, 6) is 0. The van der Waals surface area contributed by atoms with Crippen LogP contribution in [0.25, 0.3) is 0 Å². The van der Waals surface area contributed by atoms with Crippen LogP contribution >= 0.6 is 0 Å². The van der Waals surface area contributed by atoms with Gasteiger partial charge in [0.1, 0.15) is 42.7 Å². The summed E-state index contributed by atoms with van der Waals surface area (Å²) in [5.41, 5.74) is 0. The average molecular weight is 402 g/mol. The first-order chi connectivity index (χ1) is 12.2. The summed E-state index contributed by atoms with van der Waals surface area (Å²) in [6, 6.07) is 0. The molecule has 3 aliphatic heterocycles. The second-order valence-corrected chi connectivity index (χ2v) is 7.31. The van der Waals surface area contributed by atoms with Crippen molar-refractivity contribution in [3.05, 3.63) is 0 Å². The highest BCUT2D eigenvalue weighted by Gasteiger charge is 2.54. The van der Waals surface area contributed by atoms with Gasteiger partial charge in [0.15, 0.2) is 12.6 Å². The lowest BCUT2D eigenvalue weighted by atomic mass is 10.0. The molecule has 0 aliphatic carbocycles. The zero-order valence-electron chi connectivity index (χ0n) is 13.8. The summed E-state index contributed by atoms with van der Waals surface area (Å²) in [4.78, 5) is 0. The van der Waals surface area contributed by atoms with E-state index in [1.807, 2.05) is 0 Å². The molecule has 0 saturated carbocycles. The first-order valence-electron chi connectivity index (χ1n) is 7.97. The number of hydrogen-bond acceptors (Lipinski definition) is 11. The third-order valence-corrected chi connectivity index (χ3v) is 5.02. The van der Waals surface area contributed by atoms with Gasteiger partial charge in [-0.1, -0.05) is 0 Å². The Labute approximate surface area is 149 Å². The van der Waals surface area contributed by atoms with Gasteiger partial charge in [-0.05, 0) is 0 Å². The first-order valence-corrected chi connectivity index (χ1v) is 9.33. The Bertz CT molecular complexity index is 584. The molecule has 3 aliphatic rings. The predicted molar refractivity (Wildman–Crippen MR) is 79.1 cm³/mol. The predicted octanol–water partition coefficient (Wildman–Crippen LogP) is -2.84. The minimum Gasteiger partial charge on any atom is -0.394 e. The van der Waals surface area contributed by atoms with Crippen LogP contribution in [0, 0.1) is 0 Å². The van der Waals surface area contributed by atoms with Crippen molar-refractivity contribution in [1.82, 2.24) is 0 Å². The van der Waals surface area contributed by atoms with E-state index in [4.69, 9.17) is 28.2 Å². The van der Waals surface area contributed by atoms with Crippen molar-refractivity contribution in [1.29, 1.82) is 0 Å². The van der Waals surface area contributed by atoms with E-state index in [-0.39, 0.29) is 13.0 Å². The zero-order chi connectivity index (χ0) is 19.1. The fourth-order valence-corrected chi connectivity index (χ4v) is 3.85. The van der Waals surface area contributed by atoms with E-state index in [2.05, 4.69) is 4.18 Å². The summed E-state index contributed by atoms with van der Waals surface area (Å²) < 4.78 is 62.0. The lowest BCUT2D eigenvalue weighted by Gasteiger charge is -2.42. The van der Waals surface area contributed by atoms with Crippen LogP contribution in [0.5, 0.6) is 0 Å². The molecule has 0 aromatic carbocycles. The van der Waals surface area contributed by atoms with E-state index < -0.39 is 72.3 Å². The quantitative estimate of drug-likeness (QED) is 0.336.